The minimum Gasteiger partial charge on any atom is -0.497 e. The lowest BCUT2D eigenvalue weighted by Gasteiger charge is -2.37. The van der Waals surface area contributed by atoms with Crippen molar-refractivity contribution < 1.29 is 14.3 Å². The van der Waals surface area contributed by atoms with Gasteiger partial charge in [0.25, 0.3) is 5.91 Å². The molecule has 7 heteroatoms. The third-order valence-electron chi connectivity index (χ3n) is 7.06. The van der Waals surface area contributed by atoms with Crippen molar-refractivity contribution in [3.8, 4) is 5.75 Å². The van der Waals surface area contributed by atoms with Gasteiger partial charge in [-0.15, -0.1) is 0 Å². The second kappa shape index (κ2) is 8.90. The van der Waals surface area contributed by atoms with E-state index in [9.17, 15) is 9.59 Å². The molecule has 3 amide bonds. The zero-order chi connectivity index (χ0) is 22.9. The first-order chi connectivity index (χ1) is 16.0. The molecule has 0 aromatic heterocycles. The first-order valence-electron chi connectivity index (χ1n) is 11.5. The van der Waals surface area contributed by atoms with E-state index in [2.05, 4.69) is 34.5 Å². The van der Waals surface area contributed by atoms with Gasteiger partial charge in [0.05, 0.1) is 31.0 Å². The number of urea groups is 1. The highest BCUT2D eigenvalue weighted by molar-refractivity contribution is 6.01. The molecular formula is C26H30N4O3. The van der Waals surface area contributed by atoms with Crippen molar-refractivity contribution in [2.45, 2.75) is 31.5 Å². The van der Waals surface area contributed by atoms with Crippen molar-refractivity contribution in [1.82, 2.24) is 20.0 Å². The molecule has 33 heavy (non-hydrogen) atoms. The van der Waals surface area contributed by atoms with E-state index in [4.69, 9.17) is 4.74 Å². The molecule has 5 rings (SSSR count). The lowest BCUT2D eigenvalue weighted by molar-refractivity contribution is -0.128. The van der Waals surface area contributed by atoms with E-state index in [0.717, 1.165) is 43.7 Å². The van der Waals surface area contributed by atoms with Gasteiger partial charge in [-0.25, -0.2) is 4.79 Å². The Kier molecular flexibility index (Phi) is 5.81. The number of hydrogen-bond donors (Lipinski definition) is 1. The first kappa shape index (κ1) is 21.5. The van der Waals surface area contributed by atoms with E-state index < -0.39 is 6.04 Å². The molecule has 3 aliphatic heterocycles. The highest BCUT2D eigenvalue weighted by Crippen LogP contribution is 2.38. The molecule has 1 fully saturated rings. The summed E-state index contributed by atoms with van der Waals surface area (Å²) in [6.45, 7) is 3.35. The number of amides is 3. The smallest absolute Gasteiger partial charge is 0.322 e. The van der Waals surface area contributed by atoms with Crippen molar-refractivity contribution >= 4 is 11.9 Å². The fourth-order valence-corrected chi connectivity index (χ4v) is 5.19. The normalized spacial score (nSPS) is 21.9. The van der Waals surface area contributed by atoms with Crippen LogP contribution in [0.2, 0.25) is 0 Å². The Hall–Kier alpha value is -3.32. The second-order valence-corrected chi connectivity index (χ2v) is 9.00. The molecular weight excluding hydrogens is 416 g/mol. The van der Waals surface area contributed by atoms with Gasteiger partial charge in [0.2, 0.25) is 0 Å². The number of carbonyl (C=O) groups is 2. The van der Waals surface area contributed by atoms with Crippen LogP contribution in [-0.4, -0.2) is 66.5 Å². The Labute approximate surface area is 194 Å². The summed E-state index contributed by atoms with van der Waals surface area (Å²) < 4.78 is 5.36. The van der Waals surface area contributed by atoms with Crippen LogP contribution >= 0.6 is 0 Å². The van der Waals surface area contributed by atoms with Gasteiger partial charge < -0.3 is 15.0 Å². The standard InChI is InChI=1S/C26H30N4O3/c1-28-22-17-30(20-11-13-29(14-12-20)16-18-7-4-3-5-8-18)25(31)23(22)24(27-26(28)32)19-9-6-10-21(15-19)33-2/h3-10,15,20,24H,11-14,16-17H2,1-2H3,(H,27,32). The first-order valence-corrected chi connectivity index (χ1v) is 11.5. The summed E-state index contributed by atoms with van der Waals surface area (Å²) in [6.07, 6.45) is 1.88. The molecule has 1 saturated heterocycles. The summed E-state index contributed by atoms with van der Waals surface area (Å²) in [5.41, 5.74) is 3.66. The van der Waals surface area contributed by atoms with Crippen LogP contribution in [0.5, 0.6) is 5.75 Å². The van der Waals surface area contributed by atoms with Crippen molar-refractivity contribution in [3.05, 3.63) is 77.0 Å². The number of nitrogens with zero attached hydrogens (tertiary/aromatic N) is 3. The fourth-order valence-electron chi connectivity index (χ4n) is 5.19. The lowest BCUT2D eigenvalue weighted by Crippen LogP contribution is -2.46. The van der Waals surface area contributed by atoms with Gasteiger partial charge in [0.1, 0.15) is 5.75 Å². The van der Waals surface area contributed by atoms with Gasteiger partial charge in [-0.05, 0) is 36.1 Å². The third-order valence-corrected chi connectivity index (χ3v) is 7.06. The molecule has 1 unspecified atom stereocenters. The summed E-state index contributed by atoms with van der Waals surface area (Å²) in [5.74, 6) is 0.738. The summed E-state index contributed by atoms with van der Waals surface area (Å²) >= 11 is 0. The number of ether oxygens (including phenoxy) is 1. The largest absolute Gasteiger partial charge is 0.497 e. The predicted molar refractivity (Wildman–Crippen MR) is 126 cm³/mol. The molecule has 2 aromatic rings. The van der Waals surface area contributed by atoms with E-state index in [-0.39, 0.29) is 18.0 Å². The zero-order valence-electron chi connectivity index (χ0n) is 19.2. The van der Waals surface area contributed by atoms with Crippen molar-refractivity contribution in [2.24, 2.45) is 0 Å². The van der Waals surface area contributed by atoms with Crippen LogP contribution in [0.4, 0.5) is 4.79 Å². The van der Waals surface area contributed by atoms with Crippen molar-refractivity contribution in [2.75, 3.05) is 33.8 Å². The summed E-state index contributed by atoms with van der Waals surface area (Å²) in [6, 6.07) is 17.6. The molecule has 172 valence electrons. The quantitative estimate of drug-likeness (QED) is 0.766. The average molecular weight is 447 g/mol. The van der Waals surface area contributed by atoms with Crippen LogP contribution in [-0.2, 0) is 11.3 Å². The molecule has 0 bridgehead atoms. The van der Waals surface area contributed by atoms with E-state index in [1.165, 1.54) is 5.56 Å². The monoisotopic (exact) mass is 446 g/mol. The van der Waals surface area contributed by atoms with E-state index in [0.29, 0.717) is 17.9 Å². The highest BCUT2D eigenvalue weighted by atomic mass is 16.5. The summed E-state index contributed by atoms with van der Waals surface area (Å²) in [5, 5.41) is 3.01. The molecule has 0 radical (unpaired) electrons. The highest BCUT2D eigenvalue weighted by Gasteiger charge is 2.45. The predicted octanol–water partition coefficient (Wildman–Crippen LogP) is 3.15. The molecule has 0 saturated carbocycles. The fraction of sp³-hybridized carbons (Fsp3) is 0.385. The van der Waals surface area contributed by atoms with Gasteiger partial charge in [-0.3, -0.25) is 14.6 Å². The summed E-state index contributed by atoms with van der Waals surface area (Å²) in [4.78, 5) is 32.4. The Bertz CT molecular complexity index is 1080. The topological polar surface area (TPSA) is 65.1 Å². The van der Waals surface area contributed by atoms with E-state index in [1.807, 2.05) is 35.2 Å². The Morgan fingerprint density at radius 2 is 1.79 bits per heavy atom. The van der Waals surface area contributed by atoms with Crippen molar-refractivity contribution in [3.63, 3.8) is 0 Å². The summed E-state index contributed by atoms with van der Waals surface area (Å²) in [7, 11) is 3.36. The number of likely N-dealkylation sites (tertiary alicyclic amines) is 1. The molecule has 1 atom stereocenters. The van der Waals surface area contributed by atoms with Crippen LogP contribution in [0.3, 0.4) is 0 Å². The third kappa shape index (κ3) is 4.09. The van der Waals surface area contributed by atoms with Gasteiger partial charge in [-0.2, -0.15) is 0 Å². The number of piperidine rings is 1. The lowest BCUT2D eigenvalue weighted by atomic mass is 9.95. The number of carbonyl (C=O) groups excluding carboxylic acids is 2. The van der Waals surface area contributed by atoms with Crippen molar-refractivity contribution in [1.29, 1.82) is 0 Å². The molecule has 3 aliphatic rings. The van der Waals surface area contributed by atoms with Crippen LogP contribution in [0.25, 0.3) is 0 Å². The van der Waals surface area contributed by atoms with Crippen LogP contribution < -0.4 is 10.1 Å². The molecule has 3 heterocycles. The Balaban J connectivity index is 1.32. The molecule has 1 N–H and O–H groups in total. The molecule has 0 spiro atoms. The van der Waals surface area contributed by atoms with Crippen LogP contribution in [0.15, 0.2) is 65.9 Å². The molecule has 7 nitrogen and oxygen atoms in total. The van der Waals surface area contributed by atoms with E-state index in [1.54, 1.807) is 19.1 Å². The number of likely N-dealkylation sites (N-methyl/N-ethyl adjacent to an activating group) is 1. The second-order valence-electron chi connectivity index (χ2n) is 9.00. The molecule has 0 aliphatic carbocycles. The maximum absolute atomic E-state index is 13.6. The number of rotatable bonds is 5. The van der Waals surface area contributed by atoms with Gasteiger partial charge in [-0.1, -0.05) is 42.5 Å². The number of benzene rings is 2. The maximum atomic E-state index is 13.6. The number of hydrogen-bond acceptors (Lipinski definition) is 4. The minimum absolute atomic E-state index is 0.0335. The van der Waals surface area contributed by atoms with Gasteiger partial charge in [0, 0.05) is 32.7 Å². The Morgan fingerprint density at radius 3 is 2.52 bits per heavy atom. The minimum atomic E-state index is -0.463. The maximum Gasteiger partial charge on any atom is 0.322 e. The average Bonchev–Trinajstić information content (AvgIpc) is 3.20. The zero-order valence-corrected chi connectivity index (χ0v) is 19.2. The van der Waals surface area contributed by atoms with Gasteiger partial charge >= 0.3 is 6.03 Å². The SMILES string of the molecule is COc1cccc(C2NC(=O)N(C)C3=C2C(=O)N(C2CCN(Cc4ccccc4)CC2)C3)c1. The Morgan fingerprint density at radius 1 is 1.03 bits per heavy atom. The van der Waals surface area contributed by atoms with Crippen LogP contribution in [0, 0.1) is 0 Å². The molecule has 2 aromatic carbocycles. The number of nitrogens with one attached hydrogen (secondary N) is 1. The van der Waals surface area contributed by atoms with E-state index >= 15 is 0 Å². The van der Waals surface area contributed by atoms with Crippen LogP contribution in [0.1, 0.15) is 30.0 Å². The van der Waals surface area contributed by atoms with Gasteiger partial charge in [0.15, 0.2) is 0 Å². The number of methoxy groups -OCH3 is 1.